The molecular weight excluding hydrogens is 252 g/mol. The molecule has 0 radical (unpaired) electrons. The summed E-state index contributed by atoms with van der Waals surface area (Å²) in [4.78, 5) is 14.1. The van der Waals surface area contributed by atoms with Crippen molar-refractivity contribution in [2.45, 2.75) is 76.4 Å². The lowest BCUT2D eigenvalue weighted by atomic mass is 9.96. The highest BCUT2D eigenvalue weighted by Gasteiger charge is 2.46. The van der Waals surface area contributed by atoms with Gasteiger partial charge in [0.05, 0.1) is 0 Å². The van der Waals surface area contributed by atoms with Crippen molar-refractivity contribution in [2.24, 2.45) is 5.92 Å². The standard InChI is InChI=1S/C16H30N2O2/c1-12(2)17-16(15(19)20)9-8-14(10-16)18(3)11-13-6-4-5-7-13/h12-14,17H,4-11H2,1-3H3,(H,19,20). The van der Waals surface area contributed by atoms with Crippen molar-refractivity contribution in [1.29, 1.82) is 0 Å². The van der Waals surface area contributed by atoms with Crippen LogP contribution >= 0.6 is 0 Å². The predicted molar refractivity (Wildman–Crippen MR) is 80.9 cm³/mol. The zero-order valence-electron chi connectivity index (χ0n) is 13.2. The van der Waals surface area contributed by atoms with E-state index >= 15 is 0 Å². The molecule has 4 heteroatoms. The maximum atomic E-state index is 11.7. The molecule has 2 aliphatic rings. The number of aliphatic carboxylic acids is 1. The lowest BCUT2D eigenvalue weighted by Crippen LogP contribution is -2.53. The second kappa shape index (κ2) is 6.44. The molecular formula is C16H30N2O2. The summed E-state index contributed by atoms with van der Waals surface area (Å²) in [5, 5.41) is 12.9. The summed E-state index contributed by atoms with van der Waals surface area (Å²) in [5.74, 6) is 0.154. The van der Waals surface area contributed by atoms with Crippen molar-refractivity contribution in [3.8, 4) is 0 Å². The normalized spacial score (nSPS) is 31.6. The van der Waals surface area contributed by atoms with Crippen LogP contribution in [0, 0.1) is 5.92 Å². The van der Waals surface area contributed by atoms with E-state index in [0.29, 0.717) is 6.04 Å². The van der Waals surface area contributed by atoms with Crippen LogP contribution in [-0.2, 0) is 4.79 Å². The van der Waals surface area contributed by atoms with Gasteiger partial charge in [-0.2, -0.15) is 0 Å². The third-order valence-corrected chi connectivity index (χ3v) is 5.11. The van der Waals surface area contributed by atoms with Crippen LogP contribution in [0.2, 0.25) is 0 Å². The fraction of sp³-hybridized carbons (Fsp3) is 0.938. The van der Waals surface area contributed by atoms with E-state index in [2.05, 4.69) is 17.3 Å². The van der Waals surface area contributed by atoms with E-state index in [1.54, 1.807) is 0 Å². The number of hydrogen-bond acceptors (Lipinski definition) is 3. The summed E-state index contributed by atoms with van der Waals surface area (Å²) in [6.45, 7) is 5.20. The first-order valence-corrected chi connectivity index (χ1v) is 8.14. The number of carboxylic acid groups (broad SMARTS) is 1. The number of carboxylic acids is 1. The van der Waals surface area contributed by atoms with Crippen molar-refractivity contribution in [3.05, 3.63) is 0 Å². The highest BCUT2D eigenvalue weighted by atomic mass is 16.4. The number of nitrogens with zero attached hydrogens (tertiary/aromatic N) is 1. The highest BCUT2D eigenvalue weighted by Crippen LogP contribution is 2.35. The van der Waals surface area contributed by atoms with Crippen molar-refractivity contribution >= 4 is 5.97 Å². The molecule has 2 atom stereocenters. The van der Waals surface area contributed by atoms with Crippen LogP contribution in [0.4, 0.5) is 0 Å². The SMILES string of the molecule is CC(C)NC1(C(=O)O)CCC(N(C)CC2CCCC2)C1. The maximum Gasteiger partial charge on any atom is 0.323 e. The van der Waals surface area contributed by atoms with E-state index in [4.69, 9.17) is 0 Å². The minimum absolute atomic E-state index is 0.213. The molecule has 0 amide bonds. The monoisotopic (exact) mass is 282 g/mol. The second-order valence-electron chi connectivity index (χ2n) is 7.17. The van der Waals surface area contributed by atoms with Crippen LogP contribution < -0.4 is 5.32 Å². The topological polar surface area (TPSA) is 52.6 Å². The summed E-state index contributed by atoms with van der Waals surface area (Å²) in [7, 11) is 2.18. The first-order valence-electron chi connectivity index (χ1n) is 8.14. The molecule has 0 aliphatic heterocycles. The Morgan fingerprint density at radius 2 is 2.00 bits per heavy atom. The van der Waals surface area contributed by atoms with E-state index in [1.807, 2.05) is 13.8 Å². The average molecular weight is 282 g/mol. The summed E-state index contributed by atoms with van der Waals surface area (Å²) >= 11 is 0. The van der Waals surface area contributed by atoms with Crippen LogP contribution in [0.5, 0.6) is 0 Å². The molecule has 0 aromatic heterocycles. The van der Waals surface area contributed by atoms with Gasteiger partial charge >= 0.3 is 5.97 Å². The molecule has 0 aromatic carbocycles. The van der Waals surface area contributed by atoms with Gasteiger partial charge in [0.2, 0.25) is 0 Å². The van der Waals surface area contributed by atoms with E-state index in [0.717, 1.165) is 31.7 Å². The van der Waals surface area contributed by atoms with Crippen LogP contribution in [-0.4, -0.2) is 47.2 Å². The van der Waals surface area contributed by atoms with Gasteiger partial charge in [-0.3, -0.25) is 10.1 Å². The van der Waals surface area contributed by atoms with Crippen LogP contribution in [0.1, 0.15) is 58.8 Å². The molecule has 2 unspecified atom stereocenters. The van der Waals surface area contributed by atoms with E-state index in [1.165, 1.54) is 25.7 Å². The Morgan fingerprint density at radius 3 is 2.55 bits per heavy atom. The molecule has 2 fully saturated rings. The number of hydrogen-bond donors (Lipinski definition) is 2. The molecule has 116 valence electrons. The summed E-state index contributed by atoms with van der Waals surface area (Å²) in [6.07, 6.45) is 7.93. The third kappa shape index (κ3) is 3.53. The lowest BCUT2D eigenvalue weighted by Gasteiger charge is -2.31. The first kappa shape index (κ1) is 15.8. The number of nitrogens with one attached hydrogen (secondary N) is 1. The fourth-order valence-corrected chi connectivity index (χ4v) is 4.08. The zero-order valence-corrected chi connectivity index (χ0v) is 13.2. The van der Waals surface area contributed by atoms with Gasteiger partial charge in [0.1, 0.15) is 5.54 Å². The van der Waals surface area contributed by atoms with Gasteiger partial charge < -0.3 is 10.0 Å². The fourth-order valence-electron chi connectivity index (χ4n) is 4.08. The largest absolute Gasteiger partial charge is 0.480 e. The Balaban J connectivity index is 1.93. The summed E-state index contributed by atoms with van der Waals surface area (Å²) in [5.41, 5.74) is -0.706. The number of rotatable bonds is 6. The molecule has 2 saturated carbocycles. The number of carbonyl (C=O) groups is 1. The molecule has 2 N–H and O–H groups in total. The molecule has 2 aliphatic carbocycles. The molecule has 4 nitrogen and oxygen atoms in total. The second-order valence-corrected chi connectivity index (χ2v) is 7.17. The molecule has 0 bridgehead atoms. The Hall–Kier alpha value is -0.610. The van der Waals surface area contributed by atoms with Gasteiger partial charge in [-0.25, -0.2) is 0 Å². The van der Waals surface area contributed by atoms with E-state index in [-0.39, 0.29) is 6.04 Å². The predicted octanol–water partition coefficient (Wildman–Crippen LogP) is 2.48. The van der Waals surface area contributed by atoms with Crippen molar-refractivity contribution in [3.63, 3.8) is 0 Å². The van der Waals surface area contributed by atoms with Gasteiger partial charge in [-0.15, -0.1) is 0 Å². The quantitative estimate of drug-likeness (QED) is 0.786. The molecule has 0 heterocycles. The van der Waals surface area contributed by atoms with Crippen molar-refractivity contribution in [1.82, 2.24) is 10.2 Å². The Bertz CT molecular complexity index is 339. The zero-order chi connectivity index (χ0) is 14.8. The molecule has 0 aromatic rings. The highest BCUT2D eigenvalue weighted by molar-refractivity contribution is 5.79. The Morgan fingerprint density at radius 1 is 1.35 bits per heavy atom. The molecule has 0 saturated heterocycles. The van der Waals surface area contributed by atoms with Crippen LogP contribution in [0.25, 0.3) is 0 Å². The molecule has 20 heavy (non-hydrogen) atoms. The average Bonchev–Trinajstić information content (AvgIpc) is 2.98. The van der Waals surface area contributed by atoms with E-state index < -0.39 is 11.5 Å². The molecule has 0 spiro atoms. The lowest BCUT2D eigenvalue weighted by molar-refractivity contribution is -0.145. The molecule has 2 rings (SSSR count). The van der Waals surface area contributed by atoms with Crippen molar-refractivity contribution < 1.29 is 9.90 Å². The minimum atomic E-state index is -0.706. The van der Waals surface area contributed by atoms with Crippen LogP contribution in [0.15, 0.2) is 0 Å². The summed E-state index contributed by atoms with van der Waals surface area (Å²) in [6, 6.07) is 0.628. The Kier molecular flexibility index (Phi) is 5.08. The van der Waals surface area contributed by atoms with E-state index in [9.17, 15) is 9.90 Å². The van der Waals surface area contributed by atoms with Gasteiger partial charge in [0, 0.05) is 18.6 Å². The van der Waals surface area contributed by atoms with Gasteiger partial charge in [-0.1, -0.05) is 12.8 Å². The summed E-state index contributed by atoms with van der Waals surface area (Å²) < 4.78 is 0. The van der Waals surface area contributed by atoms with Gasteiger partial charge in [0.15, 0.2) is 0 Å². The van der Waals surface area contributed by atoms with Gasteiger partial charge in [-0.05, 0) is 58.9 Å². The third-order valence-electron chi connectivity index (χ3n) is 5.11. The van der Waals surface area contributed by atoms with Crippen LogP contribution in [0.3, 0.4) is 0 Å². The smallest absolute Gasteiger partial charge is 0.323 e. The van der Waals surface area contributed by atoms with Crippen molar-refractivity contribution in [2.75, 3.05) is 13.6 Å². The maximum absolute atomic E-state index is 11.7. The minimum Gasteiger partial charge on any atom is -0.480 e. The first-order chi connectivity index (χ1) is 9.43. The Labute approximate surface area is 122 Å². The van der Waals surface area contributed by atoms with Gasteiger partial charge in [0.25, 0.3) is 0 Å².